The van der Waals surface area contributed by atoms with Gasteiger partial charge in [-0.05, 0) is 41.5 Å². The maximum Gasteiger partial charge on any atom is 0.255 e. The number of benzene rings is 4. The van der Waals surface area contributed by atoms with E-state index in [4.69, 9.17) is 11.6 Å². The van der Waals surface area contributed by atoms with Crippen molar-refractivity contribution >= 4 is 34.8 Å². The first-order valence-electron chi connectivity index (χ1n) is 10.2. The quantitative estimate of drug-likeness (QED) is 0.366. The number of hydrogen-bond acceptors (Lipinski definition) is 2. The second-order valence-corrected chi connectivity index (χ2v) is 7.67. The lowest BCUT2D eigenvalue weighted by atomic mass is 9.90. The molecule has 0 aliphatic carbocycles. The highest BCUT2D eigenvalue weighted by Crippen LogP contribution is 2.29. The molecule has 2 amide bonds. The van der Waals surface area contributed by atoms with E-state index < -0.39 is 5.92 Å². The molecule has 0 aliphatic heterocycles. The lowest BCUT2D eigenvalue weighted by Gasteiger charge is -2.19. The van der Waals surface area contributed by atoms with Crippen LogP contribution >= 0.6 is 11.6 Å². The lowest BCUT2D eigenvalue weighted by Crippen LogP contribution is -2.22. The Kier molecular flexibility index (Phi) is 6.63. The summed E-state index contributed by atoms with van der Waals surface area (Å²) in [5, 5.41) is 6.11. The number of hydrogen-bond donors (Lipinski definition) is 2. The smallest absolute Gasteiger partial charge is 0.255 e. The number of nitrogens with one attached hydrogen (secondary N) is 2. The van der Waals surface area contributed by atoms with Gasteiger partial charge in [0, 0.05) is 11.3 Å². The van der Waals surface area contributed by atoms with Crippen molar-refractivity contribution in [1.29, 1.82) is 0 Å². The Morgan fingerprint density at radius 3 is 1.75 bits per heavy atom. The molecule has 0 unspecified atom stereocenters. The van der Waals surface area contributed by atoms with Crippen molar-refractivity contribution in [3.63, 3.8) is 0 Å². The van der Waals surface area contributed by atoms with E-state index in [1.54, 1.807) is 30.3 Å². The van der Waals surface area contributed by atoms with Gasteiger partial charge in [0.1, 0.15) is 0 Å². The topological polar surface area (TPSA) is 58.2 Å². The van der Waals surface area contributed by atoms with Crippen LogP contribution in [0, 0.1) is 0 Å². The monoisotopic (exact) mass is 440 g/mol. The summed E-state index contributed by atoms with van der Waals surface area (Å²) < 4.78 is 0. The summed E-state index contributed by atoms with van der Waals surface area (Å²) in [5.74, 6) is -1.04. The number of anilines is 2. The fourth-order valence-corrected chi connectivity index (χ4v) is 3.64. The van der Waals surface area contributed by atoms with Gasteiger partial charge in [-0.2, -0.15) is 0 Å². The predicted molar refractivity (Wildman–Crippen MR) is 129 cm³/mol. The van der Waals surface area contributed by atoms with Crippen LogP contribution in [0.25, 0.3) is 0 Å². The average molecular weight is 441 g/mol. The molecule has 0 saturated heterocycles. The second-order valence-electron chi connectivity index (χ2n) is 7.26. The first kappa shape index (κ1) is 21.3. The molecule has 0 heterocycles. The Morgan fingerprint density at radius 1 is 0.656 bits per heavy atom. The van der Waals surface area contributed by atoms with Crippen LogP contribution in [0.2, 0.25) is 5.02 Å². The van der Waals surface area contributed by atoms with Crippen molar-refractivity contribution in [2.24, 2.45) is 0 Å². The maximum atomic E-state index is 13.4. The minimum absolute atomic E-state index is 0.232. The zero-order valence-electron chi connectivity index (χ0n) is 17.2. The van der Waals surface area contributed by atoms with E-state index in [-0.39, 0.29) is 11.8 Å². The van der Waals surface area contributed by atoms with Crippen molar-refractivity contribution in [1.82, 2.24) is 0 Å². The Hall–Kier alpha value is -3.89. The minimum atomic E-state index is -0.518. The van der Waals surface area contributed by atoms with Crippen LogP contribution in [0.5, 0.6) is 0 Å². The molecular weight excluding hydrogens is 420 g/mol. The predicted octanol–water partition coefficient (Wildman–Crippen LogP) is 6.36. The Bertz CT molecular complexity index is 1170. The van der Waals surface area contributed by atoms with E-state index in [0.717, 1.165) is 11.1 Å². The van der Waals surface area contributed by atoms with Crippen LogP contribution in [0.1, 0.15) is 27.4 Å². The Balaban J connectivity index is 1.60. The Morgan fingerprint density at radius 2 is 1.19 bits per heavy atom. The summed E-state index contributed by atoms with van der Waals surface area (Å²) in [6.45, 7) is 0. The first-order chi connectivity index (χ1) is 15.6. The molecule has 2 N–H and O–H groups in total. The van der Waals surface area contributed by atoms with Gasteiger partial charge in [-0.1, -0.05) is 90.5 Å². The van der Waals surface area contributed by atoms with Crippen molar-refractivity contribution in [3.8, 4) is 0 Å². The summed E-state index contributed by atoms with van der Waals surface area (Å²) in [6.07, 6.45) is 0. The summed E-state index contributed by atoms with van der Waals surface area (Å²) in [5.41, 5.74) is 3.20. The molecule has 32 heavy (non-hydrogen) atoms. The first-order valence-corrected chi connectivity index (χ1v) is 10.6. The molecule has 0 spiro atoms. The molecule has 158 valence electrons. The van der Waals surface area contributed by atoms with E-state index in [9.17, 15) is 9.59 Å². The zero-order valence-corrected chi connectivity index (χ0v) is 17.9. The SMILES string of the molecule is O=C(Nc1ccccc1)c1ccc(Cl)c(NC(=O)C(c2ccccc2)c2ccccc2)c1. The lowest BCUT2D eigenvalue weighted by molar-refractivity contribution is -0.116. The number of amides is 2. The molecule has 5 heteroatoms. The van der Waals surface area contributed by atoms with Gasteiger partial charge in [0.05, 0.1) is 16.6 Å². The van der Waals surface area contributed by atoms with Gasteiger partial charge < -0.3 is 10.6 Å². The van der Waals surface area contributed by atoms with E-state index in [1.165, 1.54) is 0 Å². The van der Waals surface area contributed by atoms with E-state index in [1.807, 2.05) is 78.9 Å². The molecule has 0 aliphatic rings. The van der Waals surface area contributed by atoms with Crippen LogP contribution in [-0.4, -0.2) is 11.8 Å². The molecule has 0 aromatic heterocycles. The van der Waals surface area contributed by atoms with Gasteiger partial charge in [-0.25, -0.2) is 0 Å². The molecular formula is C27H21ClN2O2. The molecule has 4 aromatic rings. The molecule has 4 nitrogen and oxygen atoms in total. The number of para-hydroxylation sites is 1. The van der Waals surface area contributed by atoms with Gasteiger partial charge in [-0.3, -0.25) is 9.59 Å². The highest BCUT2D eigenvalue weighted by molar-refractivity contribution is 6.34. The largest absolute Gasteiger partial charge is 0.324 e. The van der Waals surface area contributed by atoms with Crippen molar-refractivity contribution in [2.75, 3.05) is 10.6 Å². The van der Waals surface area contributed by atoms with Crippen molar-refractivity contribution in [3.05, 3.63) is 131 Å². The van der Waals surface area contributed by atoms with E-state index in [2.05, 4.69) is 10.6 Å². The third kappa shape index (κ3) is 5.05. The third-order valence-corrected chi connectivity index (χ3v) is 5.38. The summed E-state index contributed by atoms with van der Waals surface area (Å²) in [7, 11) is 0. The van der Waals surface area contributed by atoms with Crippen LogP contribution in [0.4, 0.5) is 11.4 Å². The van der Waals surface area contributed by atoms with Crippen molar-refractivity contribution in [2.45, 2.75) is 5.92 Å². The van der Waals surface area contributed by atoms with Gasteiger partial charge in [-0.15, -0.1) is 0 Å². The number of carbonyl (C=O) groups excluding carboxylic acids is 2. The highest BCUT2D eigenvalue weighted by atomic mass is 35.5. The van der Waals surface area contributed by atoms with Gasteiger partial charge in [0.15, 0.2) is 0 Å². The van der Waals surface area contributed by atoms with E-state index in [0.29, 0.717) is 22.0 Å². The van der Waals surface area contributed by atoms with Crippen LogP contribution < -0.4 is 10.6 Å². The average Bonchev–Trinajstić information content (AvgIpc) is 2.83. The second kappa shape index (κ2) is 9.94. The van der Waals surface area contributed by atoms with Gasteiger partial charge >= 0.3 is 0 Å². The number of halogens is 1. The third-order valence-electron chi connectivity index (χ3n) is 5.05. The summed E-state index contributed by atoms with van der Waals surface area (Å²) >= 11 is 6.36. The molecule has 4 aromatic carbocycles. The van der Waals surface area contributed by atoms with Crippen LogP contribution in [0.15, 0.2) is 109 Å². The number of carbonyl (C=O) groups is 2. The van der Waals surface area contributed by atoms with E-state index >= 15 is 0 Å². The normalized spacial score (nSPS) is 10.6. The standard InChI is InChI=1S/C27H21ClN2O2/c28-23-17-16-21(26(31)29-22-14-8-3-9-15-22)18-24(23)30-27(32)25(19-10-4-1-5-11-19)20-12-6-2-7-13-20/h1-18,25H,(H,29,31)(H,30,32). The fraction of sp³-hybridized carbons (Fsp3) is 0.0370. The maximum absolute atomic E-state index is 13.4. The molecule has 0 bridgehead atoms. The molecule has 0 fully saturated rings. The Labute approximate surface area is 191 Å². The summed E-state index contributed by atoms with van der Waals surface area (Å²) in [4.78, 5) is 26.0. The minimum Gasteiger partial charge on any atom is -0.324 e. The molecule has 0 atom stereocenters. The zero-order chi connectivity index (χ0) is 22.3. The summed E-state index contributed by atoms with van der Waals surface area (Å²) in [6, 6.07) is 33.1. The van der Waals surface area contributed by atoms with Crippen LogP contribution in [-0.2, 0) is 4.79 Å². The van der Waals surface area contributed by atoms with Crippen molar-refractivity contribution < 1.29 is 9.59 Å². The van der Waals surface area contributed by atoms with Gasteiger partial charge in [0.2, 0.25) is 5.91 Å². The molecule has 0 saturated carbocycles. The molecule has 4 rings (SSSR count). The number of rotatable bonds is 6. The molecule has 0 radical (unpaired) electrons. The fourth-order valence-electron chi connectivity index (χ4n) is 3.48. The van der Waals surface area contributed by atoms with Crippen LogP contribution in [0.3, 0.4) is 0 Å². The van der Waals surface area contributed by atoms with Gasteiger partial charge in [0.25, 0.3) is 5.91 Å². The highest BCUT2D eigenvalue weighted by Gasteiger charge is 2.23.